The number of hydrogen-bond donors (Lipinski definition) is 2. The molecule has 0 aliphatic rings. The average Bonchev–Trinajstić information content (AvgIpc) is 3.08. The van der Waals surface area contributed by atoms with Crippen molar-refractivity contribution in [2.45, 2.75) is 11.4 Å². The summed E-state index contributed by atoms with van der Waals surface area (Å²) in [5, 5.41) is 3.24. The van der Waals surface area contributed by atoms with Crippen molar-refractivity contribution in [3.8, 4) is 0 Å². The van der Waals surface area contributed by atoms with E-state index < -0.39 is 21.5 Å². The molecule has 0 aliphatic carbocycles. The van der Waals surface area contributed by atoms with Crippen LogP contribution in [0.15, 0.2) is 76.4 Å². The number of hydrogen-bond acceptors (Lipinski definition) is 4. The molecule has 31 heavy (non-hydrogen) atoms. The summed E-state index contributed by atoms with van der Waals surface area (Å²) in [5.41, 5.74) is 0.581. The van der Waals surface area contributed by atoms with Crippen molar-refractivity contribution in [2.75, 3.05) is 0 Å². The molecule has 4 rings (SSSR count). The van der Waals surface area contributed by atoms with Gasteiger partial charge in [0.1, 0.15) is 5.82 Å². The van der Waals surface area contributed by atoms with Crippen LogP contribution in [-0.4, -0.2) is 23.3 Å². The van der Waals surface area contributed by atoms with Gasteiger partial charge in [0.25, 0.3) is 15.9 Å². The van der Waals surface area contributed by atoms with E-state index in [9.17, 15) is 22.4 Å². The molecule has 0 spiro atoms. The zero-order valence-electron chi connectivity index (χ0n) is 15.8. The summed E-state index contributed by atoms with van der Waals surface area (Å²) in [7, 11) is -4.26. The van der Waals surface area contributed by atoms with E-state index in [-0.39, 0.29) is 22.9 Å². The molecule has 0 fully saturated rings. The molecule has 0 bridgehead atoms. The van der Waals surface area contributed by atoms with Crippen LogP contribution < -0.4 is 11.0 Å². The lowest BCUT2D eigenvalue weighted by molar-refractivity contribution is 0.0951. The van der Waals surface area contributed by atoms with Gasteiger partial charge in [0.05, 0.1) is 15.9 Å². The van der Waals surface area contributed by atoms with Crippen molar-refractivity contribution in [1.29, 1.82) is 0 Å². The van der Waals surface area contributed by atoms with E-state index in [2.05, 4.69) is 10.3 Å². The first-order valence-electron chi connectivity index (χ1n) is 9.04. The van der Waals surface area contributed by atoms with E-state index in [0.717, 1.165) is 24.3 Å². The van der Waals surface area contributed by atoms with E-state index in [4.69, 9.17) is 11.6 Å². The summed E-state index contributed by atoms with van der Waals surface area (Å²) in [6.45, 7) is 0.105. The molecule has 1 heterocycles. The molecule has 1 aromatic heterocycles. The maximum Gasteiger partial charge on any atom is 0.340 e. The molecule has 2 N–H and O–H groups in total. The van der Waals surface area contributed by atoms with Crippen LogP contribution in [0, 0.1) is 5.82 Å². The summed E-state index contributed by atoms with van der Waals surface area (Å²) in [6.07, 6.45) is 0. The Balaban J connectivity index is 1.66. The predicted octanol–water partition coefficient (Wildman–Crippen LogP) is 3.29. The van der Waals surface area contributed by atoms with Crippen molar-refractivity contribution in [2.24, 2.45) is 0 Å². The van der Waals surface area contributed by atoms with Crippen LogP contribution in [0.2, 0.25) is 5.02 Å². The number of fused-ring (bicyclic) bond motifs is 1. The number of amides is 1. The third-order valence-electron chi connectivity index (χ3n) is 4.62. The highest BCUT2D eigenvalue weighted by Gasteiger charge is 2.23. The zero-order chi connectivity index (χ0) is 22.2. The Bertz CT molecular complexity index is 1440. The lowest BCUT2D eigenvalue weighted by atomic mass is 10.2. The molecule has 0 radical (unpaired) electrons. The van der Waals surface area contributed by atoms with Gasteiger partial charge in [-0.2, -0.15) is 3.97 Å². The van der Waals surface area contributed by atoms with Crippen molar-refractivity contribution < 1.29 is 17.6 Å². The lowest BCUT2D eigenvalue weighted by Crippen LogP contribution is -2.25. The van der Waals surface area contributed by atoms with Crippen LogP contribution in [0.1, 0.15) is 15.9 Å². The SMILES string of the molecule is O=C(NCc1ccc2[nH]c(=O)n(S(=O)(=O)c3ccc(F)cc3)c2c1)c1ccc(Cl)cc1. The van der Waals surface area contributed by atoms with Crippen LogP contribution in [0.3, 0.4) is 0 Å². The van der Waals surface area contributed by atoms with Crippen LogP contribution >= 0.6 is 11.6 Å². The van der Waals surface area contributed by atoms with Gasteiger partial charge in [0.15, 0.2) is 0 Å². The largest absolute Gasteiger partial charge is 0.348 e. The summed E-state index contributed by atoms with van der Waals surface area (Å²) in [6, 6.07) is 15.3. The van der Waals surface area contributed by atoms with Gasteiger partial charge < -0.3 is 10.3 Å². The van der Waals surface area contributed by atoms with Gasteiger partial charge in [-0.05, 0) is 66.2 Å². The third-order valence-corrected chi connectivity index (χ3v) is 6.58. The van der Waals surface area contributed by atoms with Crippen molar-refractivity contribution in [3.05, 3.63) is 99.2 Å². The maximum absolute atomic E-state index is 13.2. The zero-order valence-corrected chi connectivity index (χ0v) is 17.4. The second-order valence-electron chi connectivity index (χ2n) is 6.69. The molecular weight excluding hydrogens is 445 g/mol. The lowest BCUT2D eigenvalue weighted by Gasteiger charge is -2.08. The minimum atomic E-state index is -4.26. The Morgan fingerprint density at radius 3 is 2.39 bits per heavy atom. The van der Waals surface area contributed by atoms with Crippen molar-refractivity contribution in [3.63, 3.8) is 0 Å². The number of H-pyrrole nitrogens is 1. The van der Waals surface area contributed by atoms with E-state index in [1.807, 2.05) is 0 Å². The smallest absolute Gasteiger partial charge is 0.340 e. The highest BCUT2D eigenvalue weighted by atomic mass is 35.5. The van der Waals surface area contributed by atoms with Gasteiger partial charge >= 0.3 is 5.69 Å². The molecule has 0 saturated heterocycles. The first-order chi connectivity index (χ1) is 14.8. The molecule has 3 aromatic carbocycles. The Hall–Kier alpha value is -3.43. The average molecular weight is 460 g/mol. The van der Waals surface area contributed by atoms with Gasteiger partial charge in [0.2, 0.25) is 0 Å². The molecule has 1 amide bonds. The topological polar surface area (TPSA) is 101 Å². The van der Waals surface area contributed by atoms with E-state index in [0.29, 0.717) is 25.6 Å². The predicted molar refractivity (Wildman–Crippen MR) is 114 cm³/mol. The molecule has 7 nitrogen and oxygen atoms in total. The molecule has 10 heteroatoms. The molecule has 0 saturated carbocycles. The number of halogens is 2. The Labute approximate surface area is 181 Å². The quantitative estimate of drug-likeness (QED) is 0.478. The summed E-state index contributed by atoms with van der Waals surface area (Å²) in [5.74, 6) is -0.925. The van der Waals surface area contributed by atoms with Crippen molar-refractivity contribution in [1.82, 2.24) is 14.3 Å². The number of carbonyl (C=O) groups is 1. The number of aromatic amines is 1. The Morgan fingerprint density at radius 1 is 1.03 bits per heavy atom. The van der Waals surface area contributed by atoms with Gasteiger partial charge in [-0.25, -0.2) is 17.6 Å². The van der Waals surface area contributed by atoms with Crippen molar-refractivity contribution >= 4 is 38.6 Å². The van der Waals surface area contributed by atoms with Gasteiger partial charge in [-0.3, -0.25) is 4.79 Å². The Kier molecular flexibility index (Phi) is 5.38. The van der Waals surface area contributed by atoms with Gasteiger partial charge in [-0.1, -0.05) is 17.7 Å². The first kappa shape index (κ1) is 20.8. The van der Waals surface area contributed by atoms with Crippen LogP contribution in [-0.2, 0) is 16.6 Å². The van der Waals surface area contributed by atoms with Gasteiger partial charge in [0, 0.05) is 17.1 Å². The minimum Gasteiger partial charge on any atom is -0.348 e. The van der Waals surface area contributed by atoms with E-state index in [1.165, 1.54) is 6.07 Å². The second-order valence-corrected chi connectivity index (χ2v) is 8.92. The number of rotatable bonds is 5. The maximum atomic E-state index is 13.2. The molecule has 0 atom stereocenters. The fourth-order valence-electron chi connectivity index (χ4n) is 3.07. The number of aromatic nitrogens is 2. The highest BCUT2D eigenvalue weighted by Crippen LogP contribution is 2.20. The third kappa shape index (κ3) is 4.10. The molecule has 158 valence electrons. The normalized spacial score (nSPS) is 11.5. The number of benzene rings is 3. The number of nitrogens with one attached hydrogen (secondary N) is 2. The molecular formula is C21H15ClFN3O4S. The van der Waals surface area contributed by atoms with Crippen LogP contribution in [0.25, 0.3) is 11.0 Å². The highest BCUT2D eigenvalue weighted by molar-refractivity contribution is 7.90. The summed E-state index contributed by atoms with van der Waals surface area (Å²) in [4.78, 5) is 27.0. The van der Waals surface area contributed by atoms with E-state index >= 15 is 0 Å². The van der Waals surface area contributed by atoms with E-state index in [1.54, 1.807) is 36.4 Å². The standard InChI is InChI=1S/C21H15ClFN3O4S/c22-15-4-2-14(3-5-15)20(27)24-12-13-1-10-18-19(11-13)26(21(28)25-18)31(29,30)17-8-6-16(23)7-9-17/h1-11H,12H2,(H,24,27)(H,25,28). The number of imidazole rings is 1. The fraction of sp³-hybridized carbons (Fsp3) is 0.0476. The monoisotopic (exact) mass is 459 g/mol. The molecule has 0 unspecified atom stereocenters. The Morgan fingerprint density at radius 2 is 1.71 bits per heavy atom. The van der Waals surface area contributed by atoms with Gasteiger partial charge in [-0.15, -0.1) is 0 Å². The van der Waals surface area contributed by atoms with Crippen LogP contribution in [0.5, 0.6) is 0 Å². The molecule has 4 aromatic rings. The fourth-order valence-corrected chi connectivity index (χ4v) is 4.56. The number of nitrogens with zero attached hydrogens (tertiary/aromatic N) is 1. The molecule has 0 aliphatic heterocycles. The summed E-state index contributed by atoms with van der Waals surface area (Å²) < 4.78 is 39.8. The van der Waals surface area contributed by atoms with Crippen LogP contribution in [0.4, 0.5) is 4.39 Å². The second kappa shape index (κ2) is 8.01. The first-order valence-corrected chi connectivity index (χ1v) is 10.9. The number of carbonyl (C=O) groups excluding carboxylic acids is 1. The minimum absolute atomic E-state index is 0.105. The summed E-state index contributed by atoms with van der Waals surface area (Å²) >= 11 is 5.82.